The Hall–Kier alpha value is -0.850. The van der Waals surface area contributed by atoms with Crippen LogP contribution in [0.3, 0.4) is 0 Å². The van der Waals surface area contributed by atoms with Crippen LogP contribution in [0.5, 0.6) is 0 Å². The van der Waals surface area contributed by atoms with Crippen LogP contribution >= 0.6 is 27.7 Å². The van der Waals surface area contributed by atoms with E-state index >= 15 is 0 Å². The third kappa shape index (κ3) is 4.63. The second kappa shape index (κ2) is 7.07. The Balaban J connectivity index is 1.88. The fraction of sp³-hybridized carbons (Fsp3) is 0.385. The number of rotatable bonds is 6. The van der Waals surface area contributed by atoms with Gasteiger partial charge in [0.1, 0.15) is 0 Å². The highest BCUT2D eigenvalue weighted by Crippen LogP contribution is 2.28. The van der Waals surface area contributed by atoms with Crippen LogP contribution in [0.2, 0.25) is 0 Å². The topological polar surface area (TPSA) is 59.2 Å². The molecule has 1 heterocycles. The standard InChI is InChI=1S/C13H15BrN2O2S/c1-9(17)6-7-13-15-12(16-18-13)8-19-11-5-3-2-4-10(11)14/h2-5,9,17H,6-8H2,1H3. The van der Waals surface area contributed by atoms with Gasteiger partial charge in [0.05, 0.1) is 11.9 Å². The number of aliphatic hydroxyl groups excluding tert-OH is 1. The average molecular weight is 343 g/mol. The Morgan fingerprint density at radius 2 is 2.21 bits per heavy atom. The number of thioether (sulfide) groups is 1. The molecule has 0 saturated heterocycles. The van der Waals surface area contributed by atoms with Crippen LogP contribution in [0, 0.1) is 0 Å². The molecule has 1 unspecified atom stereocenters. The van der Waals surface area contributed by atoms with Gasteiger partial charge >= 0.3 is 0 Å². The zero-order valence-corrected chi connectivity index (χ0v) is 12.9. The minimum absolute atomic E-state index is 0.343. The summed E-state index contributed by atoms with van der Waals surface area (Å²) in [4.78, 5) is 5.45. The minimum Gasteiger partial charge on any atom is -0.393 e. The Morgan fingerprint density at radius 3 is 2.95 bits per heavy atom. The third-order valence-electron chi connectivity index (χ3n) is 2.48. The van der Waals surface area contributed by atoms with Crippen LogP contribution in [0.4, 0.5) is 0 Å². The summed E-state index contributed by atoms with van der Waals surface area (Å²) in [6, 6.07) is 8.03. The molecule has 0 aliphatic heterocycles. The first-order chi connectivity index (χ1) is 9.15. The fourth-order valence-corrected chi connectivity index (χ4v) is 2.90. The van der Waals surface area contributed by atoms with Crippen LogP contribution in [0.1, 0.15) is 25.1 Å². The van der Waals surface area contributed by atoms with E-state index in [4.69, 9.17) is 4.52 Å². The molecule has 0 aliphatic rings. The monoisotopic (exact) mass is 342 g/mol. The first kappa shape index (κ1) is 14.6. The molecular formula is C13H15BrN2O2S. The molecule has 6 heteroatoms. The lowest BCUT2D eigenvalue weighted by molar-refractivity contribution is 0.180. The second-order valence-electron chi connectivity index (χ2n) is 4.21. The van der Waals surface area contributed by atoms with Gasteiger partial charge in [-0.25, -0.2) is 0 Å². The maximum atomic E-state index is 9.20. The molecule has 1 aromatic heterocycles. The van der Waals surface area contributed by atoms with Crippen LogP contribution in [-0.2, 0) is 12.2 Å². The van der Waals surface area contributed by atoms with E-state index < -0.39 is 0 Å². The molecule has 2 rings (SSSR count). The molecule has 0 aliphatic carbocycles. The van der Waals surface area contributed by atoms with Gasteiger partial charge in [0.2, 0.25) is 5.89 Å². The van der Waals surface area contributed by atoms with Crippen molar-refractivity contribution in [2.75, 3.05) is 0 Å². The van der Waals surface area contributed by atoms with Gasteiger partial charge in [0.15, 0.2) is 5.82 Å². The van der Waals surface area contributed by atoms with Gasteiger partial charge in [-0.1, -0.05) is 17.3 Å². The van der Waals surface area contributed by atoms with E-state index in [2.05, 4.69) is 26.1 Å². The van der Waals surface area contributed by atoms with E-state index in [0.29, 0.717) is 30.3 Å². The van der Waals surface area contributed by atoms with Gasteiger partial charge in [-0.3, -0.25) is 0 Å². The van der Waals surface area contributed by atoms with Crippen molar-refractivity contribution in [2.24, 2.45) is 0 Å². The summed E-state index contributed by atoms with van der Waals surface area (Å²) in [5, 5.41) is 13.1. The van der Waals surface area contributed by atoms with Crippen molar-refractivity contribution in [2.45, 2.75) is 36.5 Å². The lowest BCUT2D eigenvalue weighted by Crippen LogP contribution is -2.01. The van der Waals surface area contributed by atoms with Crippen molar-refractivity contribution in [3.63, 3.8) is 0 Å². The normalized spacial score (nSPS) is 12.6. The molecule has 0 radical (unpaired) electrons. The van der Waals surface area contributed by atoms with Gasteiger partial charge in [-0.05, 0) is 41.4 Å². The van der Waals surface area contributed by atoms with Crippen LogP contribution in [0.15, 0.2) is 38.2 Å². The Kier molecular flexibility index (Phi) is 5.42. The first-order valence-corrected chi connectivity index (χ1v) is 7.80. The Morgan fingerprint density at radius 1 is 1.42 bits per heavy atom. The molecule has 4 nitrogen and oxygen atoms in total. The summed E-state index contributed by atoms with van der Waals surface area (Å²) in [5.41, 5.74) is 0. The average Bonchev–Trinajstić information content (AvgIpc) is 2.83. The Labute approximate surface area is 124 Å². The summed E-state index contributed by atoms with van der Waals surface area (Å²) in [6.45, 7) is 1.75. The first-order valence-electron chi connectivity index (χ1n) is 6.02. The molecule has 2 aromatic rings. The van der Waals surface area contributed by atoms with Crippen molar-refractivity contribution in [1.29, 1.82) is 0 Å². The maximum absolute atomic E-state index is 9.20. The highest BCUT2D eigenvalue weighted by atomic mass is 79.9. The third-order valence-corrected chi connectivity index (χ3v) is 4.50. The number of hydrogen-bond acceptors (Lipinski definition) is 5. The highest BCUT2D eigenvalue weighted by Gasteiger charge is 2.09. The predicted octanol–water partition coefficient (Wildman–Crippen LogP) is 3.44. The van der Waals surface area contributed by atoms with Crippen LogP contribution < -0.4 is 0 Å². The molecule has 0 saturated carbocycles. The van der Waals surface area contributed by atoms with Gasteiger partial charge in [0.25, 0.3) is 0 Å². The molecule has 1 aromatic carbocycles. The highest BCUT2D eigenvalue weighted by molar-refractivity contribution is 9.10. The smallest absolute Gasteiger partial charge is 0.226 e. The molecule has 0 bridgehead atoms. The van der Waals surface area contributed by atoms with Gasteiger partial charge in [-0.2, -0.15) is 4.98 Å². The zero-order chi connectivity index (χ0) is 13.7. The number of aryl methyl sites for hydroxylation is 1. The number of hydrogen-bond donors (Lipinski definition) is 1. The molecular weight excluding hydrogens is 328 g/mol. The Bertz CT molecular complexity index is 531. The van der Waals surface area contributed by atoms with Crippen molar-refractivity contribution in [3.8, 4) is 0 Å². The van der Waals surface area contributed by atoms with Gasteiger partial charge in [0, 0.05) is 15.8 Å². The van der Waals surface area contributed by atoms with Gasteiger partial charge < -0.3 is 9.63 Å². The number of aliphatic hydroxyl groups is 1. The van der Waals surface area contributed by atoms with Crippen molar-refractivity contribution in [3.05, 3.63) is 40.5 Å². The molecule has 0 amide bonds. The number of benzene rings is 1. The van der Waals surface area contributed by atoms with Gasteiger partial charge in [-0.15, -0.1) is 11.8 Å². The van der Waals surface area contributed by atoms with E-state index in [9.17, 15) is 5.11 Å². The lowest BCUT2D eigenvalue weighted by Gasteiger charge is -2.00. The predicted molar refractivity (Wildman–Crippen MR) is 78.0 cm³/mol. The van der Waals surface area contributed by atoms with E-state index in [1.54, 1.807) is 18.7 Å². The molecule has 1 atom stereocenters. The lowest BCUT2D eigenvalue weighted by atomic mass is 10.2. The minimum atomic E-state index is -0.343. The number of aromatic nitrogens is 2. The number of nitrogens with zero attached hydrogens (tertiary/aromatic N) is 2. The largest absolute Gasteiger partial charge is 0.393 e. The van der Waals surface area contributed by atoms with Crippen molar-refractivity contribution < 1.29 is 9.63 Å². The summed E-state index contributed by atoms with van der Waals surface area (Å²) in [5.74, 6) is 1.94. The summed E-state index contributed by atoms with van der Waals surface area (Å²) < 4.78 is 6.20. The van der Waals surface area contributed by atoms with Crippen LogP contribution in [-0.4, -0.2) is 21.4 Å². The quantitative estimate of drug-likeness (QED) is 0.815. The van der Waals surface area contributed by atoms with Crippen LogP contribution in [0.25, 0.3) is 0 Å². The molecule has 19 heavy (non-hydrogen) atoms. The van der Waals surface area contributed by atoms with E-state index in [1.807, 2.05) is 24.3 Å². The fourth-order valence-electron chi connectivity index (χ4n) is 1.49. The number of halogens is 1. The molecule has 0 fully saturated rings. The molecule has 102 valence electrons. The zero-order valence-electron chi connectivity index (χ0n) is 10.5. The van der Waals surface area contributed by atoms with Crippen molar-refractivity contribution in [1.82, 2.24) is 10.1 Å². The second-order valence-corrected chi connectivity index (χ2v) is 6.08. The molecule has 1 N–H and O–H groups in total. The van der Waals surface area contributed by atoms with E-state index in [1.165, 1.54) is 0 Å². The van der Waals surface area contributed by atoms with Crippen molar-refractivity contribution >= 4 is 27.7 Å². The van der Waals surface area contributed by atoms with E-state index in [0.717, 1.165) is 9.37 Å². The summed E-state index contributed by atoms with van der Waals surface area (Å²) in [7, 11) is 0. The van der Waals surface area contributed by atoms with E-state index in [-0.39, 0.29) is 6.10 Å². The molecule has 0 spiro atoms. The maximum Gasteiger partial charge on any atom is 0.226 e. The summed E-state index contributed by atoms with van der Waals surface area (Å²) in [6.07, 6.45) is 0.911. The SMILES string of the molecule is CC(O)CCc1nc(CSc2ccccc2Br)no1. The summed E-state index contributed by atoms with van der Waals surface area (Å²) >= 11 is 5.16.